The molecule has 1 aliphatic rings. The van der Waals surface area contributed by atoms with Crippen LogP contribution < -0.4 is 0 Å². The van der Waals surface area contributed by atoms with E-state index in [9.17, 15) is 9.59 Å². The summed E-state index contributed by atoms with van der Waals surface area (Å²) in [6, 6.07) is 24.8. The minimum absolute atomic E-state index is 0.119. The Morgan fingerprint density at radius 1 is 0.895 bits per heavy atom. The van der Waals surface area contributed by atoms with E-state index in [0.29, 0.717) is 39.7 Å². The van der Waals surface area contributed by atoms with E-state index in [0.717, 1.165) is 22.3 Å². The van der Waals surface area contributed by atoms with E-state index in [1.54, 1.807) is 18.2 Å². The highest BCUT2D eigenvalue weighted by Gasteiger charge is 2.34. The minimum atomic E-state index is -0.318. The van der Waals surface area contributed by atoms with Gasteiger partial charge in [-0.05, 0) is 66.4 Å². The number of rotatable bonds is 3. The monoisotopic (exact) mass is 515 g/mol. The number of carbonyl (C=O) groups is 2. The van der Waals surface area contributed by atoms with Crippen molar-refractivity contribution in [1.82, 2.24) is 14.1 Å². The van der Waals surface area contributed by atoms with Crippen LogP contribution in [0.4, 0.5) is 0 Å². The molecular weight excluding hydrogens is 494 g/mol. The molecule has 6 heteroatoms. The number of halogens is 1. The van der Waals surface area contributed by atoms with Crippen molar-refractivity contribution in [2.45, 2.75) is 13.3 Å². The Morgan fingerprint density at radius 2 is 1.55 bits per heavy atom. The molecule has 0 amide bonds. The van der Waals surface area contributed by atoms with Crippen molar-refractivity contribution in [1.29, 1.82) is 0 Å². The fourth-order valence-electron chi connectivity index (χ4n) is 4.80. The lowest BCUT2D eigenvalue weighted by Gasteiger charge is -2.07. The third-order valence-electron chi connectivity index (χ3n) is 6.82. The predicted octanol–water partition coefficient (Wildman–Crippen LogP) is 6.44. The predicted molar refractivity (Wildman–Crippen MR) is 150 cm³/mol. The Bertz CT molecular complexity index is 1850. The van der Waals surface area contributed by atoms with E-state index in [4.69, 9.17) is 16.6 Å². The van der Waals surface area contributed by atoms with Crippen molar-refractivity contribution >= 4 is 40.4 Å². The Hall–Kier alpha value is -4.66. The van der Waals surface area contributed by atoms with Crippen LogP contribution in [0.3, 0.4) is 0 Å². The Labute approximate surface area is 225 Å². The Balaban J connectivity index is 1.51. The Morgan fingerprint density at radius 3 is 2.24 bits per heavy atom. The van der Waals surface area contributed by atoms with Crippen LogP contribution in [-0.4, -0.2) is 25.7 Å². The zero-order valence-corrected chi connectivity index (χ0v) is 21.6. The van der Waals surface area contributed by atoms with E-state index in [-0.39, 0.29) is 17.1 Å². The molecule has 0 spiro atoms. The third kappa shape index (κ3) is 3.87. The first-order valence-electron chi connectivity index (χ1n) is 12.3. The van der Waals surface area contributed by atoms with Gasteiger partial charge in [-0.15, -0.1) is 0 Å². The number of hydrogen-bond donors (Lipinski definition) is 0. The fraction of sp³-hybridized carbons (Fsp3) is 0.0938. The van der Waals surface area contributed by atoms with Gasteiger partial charge >= 0.3 is 0 Å². The van der Waals surface area contributed by atoms with Crippen LogP contribution >= 0.6 is 11.6 Å². The molecule has 184 valence electrons. The maximum atomic E-state index is 13.4. The molecule has 5 nitrogen and oxygen atoms in total. The number of ketones is 2. The highest BCUT2D eigenvalue weighted by atomic mass is 35.5. The summed E-state index contributed by atoms with van der Waals surface area (Å²) in [4.78, 5) is 31.5. The highest BCUT2D eigenvalue weighted by Crippen LogP contribution is 2.34. The average Bonchev–Trinajstić information content (AvgIpc) is 3.52. The SMILES string of the molecule is CCc1cc2c(cc1Cl)C(=O)/C(=C/c1cc3c(nc(C#Cc4ccccc4)n3C)n1-c1ccccc1)C2=O. The maximum absolute atomic E-state index is 13.4. The van der Waals surface area contributed by atoms with Crippen molar-refractivity contribution in [3.05, 3.63) is 123 Å². The van der Waals surface area contributed by atoms with Gasteiger partial charge in [-0.25, -0.2) is 4.98 Å². The summed E-state index contributed by atoms with van der Waals surface area (Å²) in [5, 5.41) is 0.500. The molecule has 0 saturated heterocycles. The normalized spacial score (nSPS) is 13.7. The topological polar surface area (TPSA) is 56.9 Å². The molecule has 38 heavy (non-hydrogen) atoms. The number of carbonyl (C=O) groups excluding carboxylic acids is 2. The van der Waals surface area contributed by atoms with Gasteiger partial charge in [-0.3, -0.25) is 14.2 Å². The Kier molecular flexibility index (Phi) is 5.83. The molecule has 0 fully saturated rings. The summed E-state index contributed by atoms with van der Waals surface area (Å²) in [5.41, 5.74) is 5.69. The fourth-order valence-corrected chi connectivity index (χ4v) is 5.10. The molecule has 0 aliphatic heterocycles. The number of para-hydroxylation sites is 1. The van der Waals surface area contributed by atoms with Crippen LogP contribution in [0.5, 0.6) is 0 Å². The van der Waals surface area contributed by atoms with Crippen LogP contribution in [0.25, 0.3) is 22.9 Å². The van der Waals surface area contributed by atoms with E-state index in [1.807, 2.05) is 89.8 Å². The van der Waals surface area contributed by atoms with Gasteiger partial charge < -0.3 is 4.57 Å². The maximum Gasteiger partial charge on any atom is 0.197 e. The van der Waals surface area contributed by atoms with Crippen molar-refractivity contribution < 1.29 is 9.59 Å². The van der Waals surface area contributed by atoms with E-state index < -0.39 is 0 Å². The quantitative estimate of drug-likeness (QED) is 0.158. The van der Waals surface area contributed by atoms with E-state index in [2.05, 4.69) is 11.8 Å². The van der Waals surface area contributed by atoms with Crippen LogP contribution in [-0.2, 0) is 13.5 Å². The van der Waals surface area contributed by atoms with Crippen molar-refractivity contribution in [3.8, 4) is 17.5 Å². The van der Waals surface area contributed by atoms with Crippen molar-refractivity contribution in [2.75, 3.05) is 0 Å². The molecule has 3 aromatic carbocycles. The summed E-state index contributed by atoms with van der Waals surface area (Å²) < 4.78 is 3.87. The molecule has 0 saturated carbocycles. The molecule has 0 bridgehead atoms. The van der Waals surface area contributed by atoms with Gasteiger partial charge in [0.1, 0.15) is 0 Å². The largest absolute Gasteiger partial charge is 0.319 e. The smallest absolute Gasteiger partial charge is 0.197 e. The number of aromatic nitrogens is 3. The van der Waals surface area contributed by atoms with Gasteiger partial charge in [0.05, 0.1) is 16.8 Å². The molecule has 0 radical (unpaired) electrons. The van der Waals surface area contributed by atoms with E-state index >= 15 is 0 Å². The standard InChI is InChI=1S/C32H22ClN3O2/c1-3-21-16-24-25(19-27(21)33)31(38)26(30(24)37)17-23-18-28-32(36(23)22-12-8-5-9-13-22)34-29(35(28)2)15-14-20-10-6-4-7-11-20/h4-13,16-19H,3H2,1-2H3/b26-17+. The molecule has 2 heterocycles. The summed E-state index contributed by atoms with van der Waals surface area (Å²) in [6.07, 6.45) is 2.34. The van der Waals surface area contributed by atoms with Gasteiger partial charge in [0.25, 0.3) is 0 Å². The summed E-state index contributed by atoms with van der Waals surface area (Å²) >= 11 is 6.36. The van der Waals surface area contributed by atoms with Gasteiger partial charge in [0.15, 0.2) is 23.0 Å². The first-order valence-corrected chi connectivity index (χ1v) is 12.7. The van der Waals surface area contributed by atoms with Gasteiger partial charge in [-0.2, -0.15) is 0 Å². The number of allylic oxidation sites excluding steroid dienone is 1. The summed E-state index contributed by atoms with van der Waals surface area (Å²) in [6.45, 7) is 1.97. The second-order valence-corrected chi connectivity index (χ2v) is 9.53. The van der Waals surface area contributed by atoms with E-state index in [1.165, 1.54) is 0 Å². The average molecular weight is 516 g/mol. The molecular formula is C32H22ClN3O2. The molecule has 0 unspecified atom stereocenters. The number of nitrogens with zero attached hydrogens (tertiary/aromatic N) is 3. The van der Waals surface area contributed by atoms with Gasteiger partial charge in [0, 0.05) is 34.4 Å². The second kappa shape index (κ2) is 9.33. The lowest BCUT2D eigenvalue weighted by Crippen LogP contribution is -2.03. The number of Topliss-reactive ketones (excluding diaryl/α,β-unsaturated/α-hetero) is 2. The molecule has 0 atom stereocenters. The zero-order chi connectivity index (χ0) is 26.4. The molecule has 0 N–H and O–H groups in total. The molecule has 2 aromatic heterocycles. The highest BCUT2D eigenvalue weighted by molar-refractivity contribution is 6.42. The molecule has 1 aliphatic carbocycles. The zero-order valence-electron chi connectivity index (χ0n) is 20.8. The van der Waals surface area contributed by atoms with Crippen molar-refractivity contribution in [2.24, 2.45) is 7.05 Å². The minimum Gasteiger partial charge on any atom is -0.319 e. The number of benzene rings is 3. The van der Waals surface area contributed by atoms with Gasteiger partial charge in [-0.1, -0.05) is 60.8 Å². The molecule has 5 aromatic rings. The van der Waals surface area contributed by atoms with Crippen LogP contribution in [0, 0.1) is 11.8 Å². The molecule has 6 rings (SSSR count). The second-order valence-electron chi connectivity index (χ2n) is 9.12. The summed E-state index contributed by atoms with van der Waals surface area (Å²) in [5.74, 6) is 6.35. The lowest BCUT2D eigenvalue weighted by atomic mass is 10.0. The third-order valence-corrected chi connectivity index (χ3v) is 7.17. The number of hydrogen-bond acceptors (Lipinski definition) is 3. The van der Waals surface area contributed by atoms with Crippen LogP contribution in [0.2, 0.25) is 5.02 Å². The first kappa shape index (κ1) is 23.7. The summed E-state index contributed by atoms with van der Waals surface area (Å²) in [7, 11) is 1.91. The first-order chi connectivity index (χ1) is 18.5. The number of imidazole rings is 1. The van der Waals surface area contributed by atoms with Gasteiger partial charge in [0.2, 0.25) is 0 Å². The van der Waals surface area contributed by atoms with Crippen LogP contribution in [0.1, 0.15) is 50.3 Å². The number of fused-ring (bicyclic) bond motifs is 2. The number of aryl methyl sites for hydroxylation is 2. The van der Waals surface area contributed by atoms with Crippen molar-refractivity contribution in [3.63, 3.8) is 0 Å². The van der Waals surface area contributed by atoms with Crippen LogP contribution in [0.15, 0.2) is 84.4 Å². The lowest BCUT2D eigenvalue weighted by molar-refractivity contribution is 0.0990.